The summed E-state index contributed by atoms with van der Waals surface area (Å²) in [4.78, 5) is 24.5. The Morgan fingerprint density at radius 3 is 2.79 bits per heavy atom. The largest absolute Gasteiger partial charge is 0.495 e. The Morgan fingerprint density at radius 1 is 1.14 bits per heavy atom. The molecule has 6 nitrogen and oxygen atoms in total. The number of aromatic nitrogens is 3. The number of anilines is 1. The molecule has 28 heavy (non-hydrogen) atoms. The molecule has 1 atom stereocenters. The minimum atomic E-state index is -0.851. The number of fused-ring (bicyclic) bond motifs is 1. The molecule has 0 fully saturated rings. The summed E-state index contributed by atoms with van der Waals surface area (Å²) < 4.78 is 19.0. The zero-order valence-electron chi connectivity index (χ0n) is 15.0. The number of para-hydroxylation sites is 1. The number of nitrogens with zero attached hydrogens (tertiary/aromatic N) is 2. The van der Waals surface area contributed by atoms with Crippen molar-refractivity contribution in [3.63, 3.8) is 0 Å². The van der Waals surface area contributed by atoms with Gasteiger partial charge in [-0.15, -0.1) is 0 Å². The highest BCUT2D eigenvalue weighted by atomic mass is 19.1. The molecule has 0 bridgehead atoms. The lowest BCUT2D eigenvalue weighted by Crippen LogP contribution is -2.21. The number of Topliss-reactive ketones (excluding diaryl/α,β-unsaturated/α-hetero) is 1. The van der Waals surface area contributed by atoms with Gasteiger partial charge in [-0.2, -0.15) is 0 Å². The topological polar surface area (TPSA) is 79.9 Å². The summed E-state index contributed by atoms with van der Waals surface area (Å²) in [7, 11) is 1.53. The monoisotopic (exact) mass is 376 g/mol. The second-order valence-electron chi connectivity index (χ2n) is 6.24. The van der Waals surface area contributed by atoms with E-state index in [1.54, 1.807) is 24.7 Å². The molecule has 0 radical (unpaired) electrons. The van der Waals surface area contributed by atoms with E-state index >= 15 is 0 Å². The number of pyridine rings is 2. The van der Waals surface area contributed by atoms with Crippen molar-refractivity contribution < 1.29 is 13.9 Å². The number of benzene rings is 1. The first kappa shape index (κ1) is 17.7. The van der Waals surface area contributed by atoms with Crippen LogP contribution in [0.5, 0.6) is 5.75 Å². The van der Waals surface area contributed by atoms with Crippen LogP contribution in [0.4, 0.5) is 10.1 Å². The fourth-order valence-electron chi connectivity index (χ4n) is 3.09. The van der Waals surface area contributed by atoms with Gasteiger partial charge in [-0.05, 0) is 12.1 Å². The van der Waals surface area contributed by atoms with E-state index in [0.29, 0.717) is 22.6 Å². The van der Waals surface area contributed by atoms with Crippen LogP contribution in [-0.4, -0.2) is 27.8 Å². The minimum Gasteiger partial charge on any atom is -0.495 e. The molecule has 0 amide bonds. The molecule has 4 rings (SSSR count). The fourth-order valence-corrected chi connectivity index (χ4v) is 3.09. The van der Waals surface area contributed by atoms with E-state index in [0.717, 1.165) is 17.1 Å². The van der Waals surface area contributed by atoms with Gasteiger partial charge in [-0.3, -0.25) is 14.8 Å². The van der Waals surface area contributed by atoms with E-state index in [1.807, 2.05) is 24.3 Å². The van der Waals surface area contributed by atoms with Crippen LogP contribution in [0.2, 0.25) is 0 Å². The normalized spacial score (nSPS) is 11.9. The minimum absolute atomic E-state index is 0.215. The second-order valence-corrected chi connectivity index (χ2v) is 6.24. The van der Waals surface area contributed by atoms with Crippen LogP contribution in [-0.2, 0) is 0 Å². The highest BCUT2D eigenvalue weighted by Gasteiger charge is 2.25. The quantitative estimate of drug-likeness (QED) is 0.495. The molecule has 0 spiro atoms. The number of ether oxygens (including phenoxy) is 1. The molecular weight excluding hydrogens is 359 g/mol. The third-order valence-corrected chi connectivity index (χ3v) is 4.44. The predicted molar refractivity (Wildman–Crippen MR) is 104 cm³/mol. The lowest BCUT2D eigenvalue weighted by molar-refractivity contribution is 0.0971. The fraction of sp³-hybridized carbons (Fsp3) is 0.0952. The van der Waals surface area contributed by atoms with Gasteiger partial charge in [0, 0.05) is 40.5 Å². The molecular formula is C21H17FN4O2. The lowest BCUT2D eigenvalue weighted by atomic mass is 9.98. The molecule has 1 unspecified atom stereocenters. The van der Waals surface area contributed by atoms with Crippen LogP contribution in [0.1, 0.15) is 22.0 Å². The molecule has 0 aliphatic rings. The van der Waals surface area contributed by atoms with Crippen LogP contribution < -0.4 is 10.1 Å². The molecule has 0 saturated carbocycles. The maximum absolute atomic E-state index is 13.8. The molecule has 0 aliphatic heterocycles. The van der Waals surface area contributed by atoms with Crippen molar-refractivity contribution in [3.8, 4) is 5.75 Å². The van der Waals surface area contributed by atoms with Gasteiger partial charge in [0.15, 0.2) is 5.78 Å². The summed E-state index contributed by atoms with van der Waals surface area (Å²) in [5.74, 6) is -0.187. The van der Waals surface area contributed by atoms with Crippen molar-refractivity contribution in [2.24, 2.45) is 0 Å². The Morgan fingerprint density at radius 2 is 1.96 bits per heavy atom. The summed E-state index contributed by atoms with van der Waals surface area (Å²) in [6, 6.07) is 9.68. The number of rotatable bonds is 6. The van der Waals surface area contributed by atoms with Crippen LogP contribution in [0, 0.1) is 5.82 Å². The molecule has 0 saturated heterocycles. The van der Waals surface area contributed by atoms with E-state index in [-0.39, 0.29) is 5.78 Å². The number of ketones is 1. The first-order valence-electron chi connectivity index (χ1n) is 8.62. The van der Waals surface area contributed by atoms with Crippen LogP contribution in [0.15, 0.2) is 67.4 Å². The van der Waals surface area contributed by atoms with Crippen LogP contribution in [0.25, 0.3) is 10.9 Å². The van der Waals surface area contributed by atoms with Gasteiger partial charge >= 0.3 is 0 Å². The summed E-state index contributed by atoms with van der Waals surface area (Å²) in [6.45, 7) is 0. The van der Waals surface area contributed by atoms with Gasteiger partial charge in [0.1, 0.15) is 17.6 Å². The van der Waals surface area contributed by atoms with Crippen molar-refractivity contribution in [1.82, 2.24) is 15.0 Å². The number of halogens is 1. The van der Waals surface area contributed by atoms with Crippen molar-refractivity contribution in [1.29, 1.82) is 0 Å². The van der Waals surface area contributed by atoms with Gasteiger partial charge in [0.05, 0.1) is 31.4 Å². The maximum atomic E-state index is 13.8. The summed E-state index contributed by atoms with van der Waals surface area (Å²) in [5, 5.41) is 3.94. The van der Waals surface area contributed by atoms with Gasteiger partial charge in [0.25, 0.3) is 0 Å². The Labute approximate surface area is 160 Å². The van der Waals surface area contributed by atoms with Crippen molar-refractivity contribution >= 4 is 22.4 Å². The maximum Gasteiger partial charge on any atom is 0.191 e. The van der Waals surface area contributed by atoms with Gasteiger partial charge in [-0.1, -0.05) is 18.2 Å². The number of carbonyl (C=O) groups is 1. The van der Waals surface area contributed by atoms with Crippen LogP contribution >= 0.6 is 0 Å². The molecule has 4 aromatic rings. The standard InChI is InChI=1S/C21H17FN4O2/c1-28-16-7-15(10-24-11-16)26-20(13-6-14(22)9-23-8-13)21(27)18-12-25-19-5-3-2-4-17(18)19/h2-12,20,25-26H,1H3. The SMILES string of the molecule is COc1cncc(NC(C(=O)c2c[nH]c3ccccc23)c2cncc(F)c2)c1. The highest BCUT2D eigenvalue weighted by Crippen LogP contribution is 2.28. The smallest absolute Gasteiger partial charge is 0.191 e. The third-order valence-electron chi connectivity index (χ3n) is 4.44. The third kappa shape index (κ3) is 3.42. The predicted octanol–water partition coefficient (Wildman–Crippen LogP) is 4.14. The first-order chi connectivity index (χ1) is 13.7. The second kappa shape index (κ2) is 7.48. The molecule has 0 aliphatic carbocycles. The lowest BCUT2D eigenvalue weighted by Gasteiger charge is -2.19. The molecule has 1 aromatic carbocycles. The first-order valence-corrected chi connectivity index (χ1v) is 8.62. The number of hydrogen-bond donors (Lipinski definition) is 2. The molecule has 3 aromatic heterocycles. The molecule has 3 heterocycles. The van der Waals surface area contributed by atoms with Crippen molar-refractivity contribution in [3.05, 3.63) is 84.3 Å². The summed E-state index contributed by atoms with van der Waals surface area (Å²) in [5.41, 5.74) is 2.35. The zero-order valence-corrected chi connectivity index (χ0v) is 15.0. The van der Waals surface area contributed by atoms with Crippen molar-refractivity contribution in [2.45, 2.75) is 6.04 Å². The Hall–Kier alpha value is -3.74. The number of methoxy groups -OCH3 is 1. The number of nitrogens with one attached hydrogen (secondary N) is 2. The van der Waals surface area contributed by atoms with E-state index in [4.69, 9.17) is 4.74 Å². The van der Waals surface area contributed by atoms with E-state index < -0.39 is 11.9 Å². The van der Waals surface area contributed by atoms with Gasteiger partial charge < -0.3 is 15.0 Å². The average molecular weight is 376 g/mol. The van der Waals surface area contributed by atoms with E-state index in [1.165, 1.54) is 19.4 Å². The average Bonchev–Trinajstić information content (AvgIpc) is 3.16. The number of carbonyl (C=O) groups excluding carboxylic acids is 1. The van der Waals surface area contributed by atoms with Gasteiger partial charge in [0.2, 0.25) is 0 Å². The van der Waals surface area contributed by atoms with E-state index in [9.17, 15) is 9.18 Å². The van der Waals surface area contributed by atoms with Crippen LogP contribution in [0.3, 0.4) is 0 Å². The number of H-pyrrole nitrogens is 1. The highest BCUT2D eigenvalue weighted by molar-refractivity contribution is 6.11. The van der Waals surface area contributed by atoms with Gasteiger partial charge in [-0.25, -0.2) is 4.39 Å². The summed E-state index contributed by atoms with van der Waals surface area (Å²) in [6.07, 6.45) is 7.37. The Kier molecular flexibility index (Phi) is 4.72. The molecule has 2 N–H and O–H groups in total. The molecule has 140 valence electrons. The number of aromatic amines is 1. The Balaban J connectivity index is 1.77. The number of hydrogen-bond acceptors (Lipinski definition) is 5. The Bertz CT molecular complexity index is 1140. The van der Waals surface area contributed by atoms with Crippen molar-refractivity contribution in [2.75, 3.05) is 12.4 Å². The molecule has 7 heteroatoms. The summed E-state index contributed by atoms with van der Waals surface area (Å²) >= 11 is 0. The zero-order chi connectivity index (χ0) is 19.5. The van der Waals surface area contributed by atoms with E-state index in [2.05, 4.69) is 20.3 Å².